The number of hydrogen-bond acceptors (Lipinski definition) is 3. The van der Waals surface area contributed by atoms with Gasteiger partial charge in [-0.2, -0.15) is 0 Å². The predicted molar refractivity (Wildman–Crippen MR) is 143 cm³/mol. The van der Waals surface area contributed by atoms with E-state index in [4.69, 9.17) is 21.3 Å². The van der Waals surface area contributed by atoms with Crippen LogP contribution in [0.1, 0.15) is 36.8 Å². The van der Waals surface area contributed by atoms with Crippen LogP contribution < -0.4 is 10.1 Å². The number of pyridine rings is 1. The Morgan fingerprint density at radius 3 is 2.46 bits per heavy atom. The van der Waals surface area contributed by atoms with Gasteiger partial charge in [-0.25, -0.2) is 4.39 Å². The third-order valence-electron chi connectivity index (χ3n) is 6.72. The van der Waals surface area contributed by atoms with Crippen molar-refractivity contribution in [1.29, 1.82) is 0 Å². The van der Waals surface area contributed by atoms with Crippen LogP contribution in [0.5, 0.6) is 5.75 Å². The smallest absolute Gasteiger partial charge is 0.138 e. The maximum absolute atomic E-state index is 13.6. The summed E-state index contributed by atoms with van der Waals surface area (Å²) in [6.45, 7) is 5.90. The lowest BCUT2D eigenvalue weighted by Gasteiger charge is -2.24. The molecule has 2 heterocycles. The van der Waals surface area contributed by atoms with E-state index in [1.165, 1.54) is 42.5 Å². The molecular weight excluding hydrogens is 459 g/mol. The van der Waals surface area contributed by atoms with Gasteiger partial charge in [-0.1, -0.05) is 59.5 Å². The van der Waals surface area contributed by atoms with Crippen molar-refractivity contribution < 1.29 is 9.13 Å². The highest BCUT2D eigenvalue weighted by molar-refractivity contribution is 6.34. The maximum Gasteiger partial charge on any atom is 0.138 e. The first-order valence-electron chi connectivity index (χ1n) is 12.3. The third-order valence-corrected chi connectivity index (χ3v) is 7.03. The quantitative estimate of drug-likeness (QED) is 0.299. The zero-order valence-electron chi connectivity index (χ0n) is 20.2. The van der Waals surface area contributed by atoms with E-state index < -0.39 is 0 Å². The second kappa shape index (κ2) is 10.3. The van der Waals surface area contributed by atoms with Crippen LogP contribution in [0.2, 0.25) is 5.02 Å². The summed E-state index contributed by atoms with van der Waals surface area (Å²) in [6.07, 6.45) is 6.54. The van der Waals surface area contributed by atoms with Gasteiger partial charge >= 0.3 is 0 Å². The molecule has 0 bridgehead atoms. The average molecular weight is 489 g/mol. The van der Waals surface area contributed by atoms with Crippen LogP contribution in [0, 0.1) is 19.7 Å². The Kier molecular flexibility index (Phi) is 7.03. The molecule has 0 radical (unpaired) electrons. The average Bonchev–Trinajstić information content (AvgIpc) is 2.84. The summed E-state index contributed by atoms with van der Waals surface area (Å²) in [5.74, 6) is 0.542. The Morgan fingerprint density at radius 1 is 0.971 bits per heavy atom. The van der Waals surface area contributed by atoms with Crippen molar-refractivity contribution in [1.82, 2.24) is 10.3 Å². The van der Waals surface area contributed by atoms with Gasteiger partial charge in [-0.05, 0) is 75.0 Å². The summed E-state index contributed by atoms with van der Waals surface area (Å²) < 4.78 is 20.1. The van der Waals surface area contributed by atoms with E-state index in [0.717, 1.165) is 51.9 Å². The summed E-state index contributed by atoms with van der Waals surface area (Å²) in [4.78, 5) is 4.75. The molecule has 5 rings (SSSR count). The second-order valence-corrected chi connectivity index (χ2v) is 9.92. The molecule has 4 aromatic rings. The zero-order chi connectivity index (χ0) is 24.4. The van der Waals surface area contributed by atoms with Crippen molar-refractivity contribution in [3.8, 4) is 28.0 Å². The molecule has 1 N–H and O–H groups in total. The highest BCUT2D eigenvalue weighted by Gasteiger charge is 2.18. The molecule has 1 saturated heterocycles. The van der Waals surface area contributed by atoms with Crippen LogP contribution in [0.4, 0.5) is 4.39 Å². The number of nitrogens with one attached hydrogen (secondary N) is 1. The largest absolute Gasteiger partial charge is 0.492 e. The lowest BCUT2D eigenvalue weighted by molar-refractivity contribution is 0.271. The van der Waals surface area contributed by atoms with Crippen LogP contribution >= 0.6 is 11.6 Å². The maximum atomic E-state index is 13.6. The van der Waals surface area contributed by atoms with Gasteiger partial charge in [0.15, 0.2) is 0 Å². The standard InChI is InChI=1S/C30H30ClFN2O/c1-19-13-20(2)15-22(14-19)27-18-34-29-17-28(31)25(21-6-8-23(32)9-7-21)16-26(29)30(27)35-12-10-24-5-3-4-11-33-24/h6-9,13-18,24,33H,3-5,10-12H2,1-2H3. The summed E-state index contributed by atoms with van der Waals surface area (Å²) in [6, 6.07) is 17.3. The van der Waals surface area contributed by atoms with Crippen molar-refractivity contribution in [2.24, 2.45) is 0 Å². The van der Waals surface area contributed by atoms with Crippen LogP contribution in [-0.4, -0.2) is 24.2 Å². The molecule has 0 saturated carbocycles. The number of rotatable bonds is 6. The van der Waals surface area contributed by atoms with Gasteiger partial charge in [0, 0.05) is 28.8 Å². The molecule has 1 aliphatic heterocycles. The van der Waals surface area contributed by atoms with Crippen LogP contribution in [0.3, 0.4) is 0 Å². The van der Waals surface area contributed by atoms with Gasteiger partial charge in [0.05, 0.1) is 17.1 Å². The highest BCUT2D eigenvalue weighted by Crippen LogP contribution is 2.40. The normalized spacial score (nSPS) is 15.9. The monoisotopic (exact) mass is 488 g/mol. The first kappa shape index (κ1) is 23.8. The zero-order valence-corrected chi connectivity index (χ0v) is 21.0. The number of aryl methyl sites for hydroxylation is 2. The molecule has 5 heteroatoms. The molecule has 1 unspecified atom stereocenters. The fourth-order valence-corrected chi connectivity index (χ4v) is 5.27. The van der Waals surface area contributed by atoms with E-state index in [9.17, 15) is 4.39 Å². The molecular formula is C30H30ClFN2O. The van der Waals surface area contributed by atoms with Gasteiger partial charge in [0.1, 0.15) is 11.6 Å². The molecule has 3 nitrogen and oxygen atoms in total. The molecule has 3 aromatic carbocycles. The van der Waals surface area contributed by atoms with Crippen molar-refractivity contribution in [3.63, 3.8) is 0 Å². The predicted octanol–water partition coefficient (Wildman–Crippen LogP) is 7.89. The molecule has 0 aliphatic carbocycles. The van der Waals surface area contributed by atoms with Crippen LogP contribution in [0.15, 0.2) is 60.8 Å². The molecule has 0 amide bonds. The lowest BCUT2D eigenvalue weighted by Crippen LogP contribution is -2.35. The minimum atomic E-state index is -0.273. The van der Waals surface area contributed by atoms with Gasteiger partial charge in [-0.15, -0.1) is 0 Å². The molecule has 1 aliphatic rings. The number of hydrogen-bond donors (Lipinski definition) is 1. The van der Waals surface area contributed by atoms with Gasteiger partial charge in [-0.3, -0.25) is 4.98 Å². The Balaban J connectivity index is 1.60. The van der Waals surface area contributed by atoms with Crippen LogP contribution in [-0.2, 0) is 0 Å². The topological polar surface area (TPSA) is 34.1 Å². The van der Waals surface area contributed by atoms with Gasteiger partial charge in [0.2, 0.25) is 0 Å². The lowest BCUT2D eigenvalue weighted by atomic mass is 9.97. The van der Waals surface area contributed by atoms with Gasteiger partial charge < -0.3 is 10.1 Å². The number of benzene rings is 3. The summed E-state index contributed by atoms with van der Waals surface area (Å²) in [7, 11) is 0. The Bertz CT molecular complexity index is 1330. The fraction of sp³-hybridized carbons (Fsp3) is 0.300. The van der Waals surface area contributed by atoms with Crippen molar-refractivity contribution in [2.75, 3.05) is 13.2 Å². The van der Waals surface area contributed by atoms with Crippen molar-refractivity contribution >= 4 is 22.5 Å². The Labute approximate surface area is 211 Å². The molecule has 0 spiro atoms. The van der Waals surface area contributed by atoms with Crippen molar-refractivity contribution in [2.45, 2.75) is 45.6 Å². The number of halogens is 2. The minimum absolute atomic E-state index is 0.273. The third kappa shape index (κ3) is 5.34. The van der Waals surface area contributed by atoms with E-state index >= 15 is 0 Å². The SMILES string of the molecule is Cc1cc(C)cc(-c2cnc3cc(Cl)c(-c4ccc(F)cc4)cc3c2OCCC2CCCCN2)c1. The van der Waals surface area contributed by atoms with Crippen molar-refractivity contribution in [3.05, 3.63) is 82.8 Å². The first-order chi connectivity index (χ1) is 17.0. The molecule has 1 atom stereocenters. The molecule has 1 fully saturated rings. The minimum Gasteiger partial charge on any atom is -0.492 e. The van der Waals surface area contributed by atoms with E-state index in [1.54, 1.807) is 12.1 Å². The first-order valence-corrected chi connectivity index (χ1v) is 12.7. The summed E-state index contributed by atoms with van der Waals surface area (Å²) in [5.41, 5.74) is 6.90. The molecule has 1 aromatic heterocycles. The van der Waals surface area contributed by atoms with E-state index in [1.807, 2.05) is 18.3 Å². The van der Waals surface area contributed by atoms with Gasteiger partial charge in [0.25, 0.3) is 0 Å². The Morgan fingerprint density at radius 2 is 1.74 bits per heavy atom. The summed E-state index contributed by atoms with van der Waals surface area (Å²) in [5, 5.41) is 5.09. The number of fused-ring (bicyclic) bond motifs is 1. The van der Waals surface area contributed by atoms with E-state index in [2.05, 4.69) is 37.4 Å². The Hall–Kier alpha value is -2.95. The fourth-order valence-electron chi connectivity index (χ4n) is 5.00. The second-order valence-electron chi connectivity index (χ2n) is 9.52. The molecule has 35 heavy (non-hydrogen) atoms. The molecule has 180 valence electrons. The number of aromatic nitrogens is 1. The number of piperidine rings is 1. The van der Waals surface area contributed by atoms with Crippen LogP contribution in [0.25, 0.3) is 33.2 Å². The number of nitrogens with zero attached hydrogens (tertiary/aromatic N) is 1. The highest BCUT2D eigenvalue weighted by atomic mass is 35.5. The van der Waals surface area contributed by atoms with E-state index in [-0.39, 0.29) is 5.82 Å². The van der Waals surface area contributed by atoms with E-state index in [0.29, 0.717) is 17.7 Å². The summed E-state index contributed by atoms with van der Waals surface area (Å²) >= 11 is 6.65. The number of ether oxygens (including phenoxy) is 1.